The summed E-state index contributed by atoms with van der Waals surface area (Å²) in [4.78, 5) is 16.2. The van der Waals surface area contributed by atoms with Gasteiger partial charge in [0.15, 0.2) is 0 Å². The largest absolute Gasteiger partial charge is 0.348 e. The number of nitrogens with zero attached hydrogens (tertiary/aromatic N) is 1. The topological polar surface area (TPSA) is 42.0 Å². The lowest BCUT2D eigenvalue weighted by Gasteiger charge is -2.32. The molecule has 1 aromatic rings. The fourth-order valence-electron chi connectivity index (χ4n) is 2.51. The third-order valence-corrected chi connectivity index (χ3v) is 4.48. The molecule has 3 unspecified atom stereocenters. The molecule has 0 radical (unpaired) electrons. The van der Waals surface area contributed by atoms with E-state index >= 15 is 0 Å². The van der Waals surface area contributed by atoms with Gasteiger partial charge in [-0.3, -0.25) is 4.79 Å². The summed E-state index contributed by atoms with van der Waals surface area (Å²) in [7, 11) is 0. The van der Waals surface area contributed by atoms with Crippen LogP contribution < -0.4 is 5.32 Å². The van der Waals surface area contributed by atoms with Gasteiger partial charge in [0.25, 0.3) is 5.91 Å². The number of pyridine rings is 1. The van der Waals surface area contributed by atoms with Crippen LogP contribution in [0.5, 0.6) is 0 Å². The van der Waals surface area contributed by atoms with Crippen molar-refractivity contribution in [3.63, 3.8) is 0 Å². The Bertz CT molecular complexity index is 479. The summed E-state index contributed by atoms with van der Waals surface area (Å²) in [6.45, 7) is 4.49. The van der Waals surface area contributed by atoms with Crippen LogP contribution in [0, 0.1) is 11.8 Å². The summed E-state index contributed by atoms with van der Waals surface area (Å²) >= 11 is 11.8. The zero-order chi connectivity index (χ0) is 14.0. The van der Waals surface area contributed by atoms with Crippen LogP contribution in [0.25, 0.3) is 0 Å². The molecule has 0 spiro atoms. The van der Waals surface area contributed by atoms with Crippen LogP contribution in [-0.2, 0) is 0 Å². The van der Waals surface area contributed by atoms with Gasteiger partial charge < -0.3 is 5.32 Å². The number of hydrogen-bond donors (Lipinski definition) is 1. The van der Waals surface area contributed by atoms with E-state index in [2.05, 4.69) is 24.1 Å². The minimum atomic E-state index is -0.237. The van der Waals surface area contributed by atoms with Gasteiger partial charge in [0.2, 0.25) is 0 Å². The van der Waals surface area contributed by atoms with Crippen molar-refractivity contribution in [1.29, 1.82) is 0 Å². The standard InChI is InChI=1S/C14H18Cl2N2O/c1-8-3-4-10(7-9(8)2)17-14(19)13-11(15)5-6-12(16)18-13/h5-6,8-10H,3-4,7H2,1-2H3,(H,17,19). The SMILES string of the molecule is CC1CCC(NC(=O)c2nc(Cl)ccc2Cl)CC1C. The second-order valence-electron chi connectivity index (χ2n) is 5.40. The molecule has 0 bridgehead atoms. The first-order chi connectivity index (χ1) is 8.97. The molecule has 1 aliphatic carbocycles. The molecule has 3 nitrogen and oxygen atoms in total. The van der Waals surface area contributed by atoms with Gasteiger partial charge >= 0.3 is 0 Å². The summed E-state index contributed by atoms with van der Waals surface area (Å²) in [5.41, 5.74) is 0.209. The molecule has 5 heteroatoms. The average Bonchev–Trinajstić information content (AvgIpc) is 2.36. The van der Waals surface area contributed by atoms with E-state index in [1.54, 1.807) is 12.1 Å². The van der Waals surface area contributed by atoms with Gasteiger partial charge in [-0.1, -0.05) is 37.0 Å². The average molecular weight is 301 g/mol. The van der Waals surface area contributed by atoms with Crippen molar-refractivity contribution >= 4 is 29.1 Å². The predicted octanol–water partition coefficient (Wildman–Crippen LogP) is 3.94. The van der Waals surface area contributed by atoms with Crippen molar-refractivity contribution in [2.24, 2.45) is 11.8 Å². The number of aromatic nitrogens is 1. The first-order valence-corrected chi connectivity index (χ1v) is 7.36. The van der Waals surface area contributed by atoms with Gasteiger partial charge in [-0.15, -0.1) is 0 Å². The van der Waals surface area contributed by atoms with E-state index in [0.29, 0.717) is 10.9 Å². The number of carbonyl (C=O) groups is 1. The maximum absolute atomic E-state index is 12.2. The fourth-order valence-corrected chi connectivity index (χ4v) is 2.85. The molecule has 19 heavy (non-hydrogen) atoms. The third kappa shape index (κ3) is 3.61. The van der Waals surface area contributed by atoms with Crippen molar-refractivity contribution < 1.29 is 4.79 Å². The van der Waals surface area contributed by atoms with E-state index in [1.165, 1.54) is 0 Å². The Morgan fingerprint density at radius 1 is 1.26 bits per heavy atom. The molecular weight excluding hydrogens is 283 g/mol. The summed E-state index contributed by atoms with van der Waals surface area (Å²) in [6.07, 6.45) is 3.16. The van der Waals surface area contributed by atoms with Crippen LogP contribution in [0.2, 0.25) is 10.2 Å². The Hall–Kier alpha value is -0.800. The summed E-state index contributed by atoms with van der Waals surface area (Å²) < 4.78 is 0. The quantitative estimate of drug-likeness (QED) is 0.841. The van der Waals surface area contributed by atoms with E-state index in [9.17, 15) is 4.79 Å². The van der Waals surface area contributed by atoms with Crippen molar-refractivity contribution in [2.75, 3.05) is 0 Å². The molecule has 1 aromatic heterocycles. The van der Waals surface area contributed by atoms with Crippen molar-refractivity contribution in [1.82, 2.24) is 10.3 Å². The Balaban J connectivity index is 2.03. The molecule has 1 saturated carbocycles. The molecule has 0 aromatic carbocycles. The monoisotopic (exact) mass is 300 g/mol. The van der Waals surface area contributed by atoms with E-state index < -0.39 is 0 Å². The molecule has 2 rings (SSSR count). The maximum Gasteiger partial charge on any atom is 0.271 e. The Morgan fingerprint density at radius 2 is 2.00 bits per heavy atom. The highest BCUT2D eigenvalue weighted by molar-refractivity contribution is 6.34. The molecule has 104 valence electrons. The number of halogens is 2. The fraction of sp³-hybridized carbons (Fsp3) is 0.571. The highest BCUT2D eigenvalue weighted by Gasteiger charge is 2.26. The summed E-state index contributed by atoms with van der Waals surface area (Å²) in [5, 5.41) is 3.62. The highest BCUT2D eigenvalue weighted by Crippen LogP contribution is 2.29. The molecule has 1 N–H and O–H groups in total. The lowest BCUT2D eigenvalue weighted by molar-refractivity contribution is 0.0905. The van der Waals surface area contributed by atoms with Crippen molar-refractivity contribution in [2.45, 2.75) is 39.2 Å². The zero-order valence-corrected chi connectivity index (χ0v) is 12.6. The minimum absolute atomic E-state index is 0.204. The van der Waals surface area contributed by atoms with Crippen molar-refractivity contribution in [3.05, 3.63) is 28.0 Å². The normalized spacial score (nSPS) is 27.1. The first kappa shape index (κ1) is 14.6. The van der Waals surface area contributed by atoms with Crippen molar-refractivity contribution in [3.8, 4) is 0 Å². The number of amides is 1. The smallest absolute Gasteiger partial charge is 0.271 e. The predicted molar refractivity (Wildman–Crippen MR) is 77.7 cm³/mol. The molecular formula is C14H18Cl2N2O. The second kappa shape index (κ2) is 6.10. The minimum Gasteiger partial charge on any atom is -0.348 e. The Kier molecular flexibility index (Phi) is 4.69. The number of carbonyl (C=O) groups excluding carboxylic acids is 1. The van der Waals surface area contributed by atoms with Crippen LogP contribution in [0.15, 0.2) is 12.1 Å². The van der Waals surface area contributed by atoms with Crippen LogP contribution >= 0.6 is 23.2 Å². The van der Waals surface area contributed by atoms with Crippen LogP contribution in [-0.4, -0.2) is 16.9 Å². The molecule has 3 atom stereocenters. The first-order valence-electron chi connectivity index (χ1n) is 6.60. The Labute approximate surface area is 123 Å². The van der Waals surface area contributed by atoms with Gasteiger partial charge in [0, 0.05) is 6.04 Å². The molecule has 1 fully saturated rings. The molecule has 1 amide bonds. The van der Waals surface area contributed by atoms with E-state index in [4.69, 9.17) is 23.2 Å². The zero-order valence-electron chi connectivity index (χ0n) is 11.1. The molecule has 0 saturated heterocycles. The van der Waals surface area contributed by atoms with Gasteiger partial charge in [-0.05, 0) is 43.2 Å². The van der Waals surface area contributed by atoms with E-state index in [0.717, 1.165) is 25.2 Å². The van der Waals surface area contributed by atoms with Gasteiger partial charge in [-0.2, -0.15) is 0 Å². The number of hydrogen-bond acceptors (Lipinski definition) is 2. The Morgan fingerprint density at radius 3 is 2.68 bits per heavy atom. The lowest BCUT2D eigenvalue weighted by atomic mass is 9.79. The number of nitrogens with one attached hydrogen (secondary N) is 1. The lowest BCUT2D eigenvalue weighted by Crippen LogP contribution is -2.40. The summed E-state index contributed by atoms with van der Waals surface area (Å²) in [6, 6.07) is 3.37. The van der Waals surface area contributed by atoms with Gasteiger partial charge in [-0.25, -0.2) is 4.98 Å². The van der Waals surface area contributed by atoms with Crippen LogP contribution in [0.1, 0.15) is 43.6 Å². The second-order valence-corrected chi connectivity index (χ2v) is 6.20. The summed E-state index contributed by atoms with van der Waals surface area (Å²) in [5.74, 6) is 1.11. The van der Waals surface area contributed by atoms with E-state index in [-0.39, 0.29) is 22.8 Å². The maximum atomic E-state index is 12.2. The van der Waals surface area contributed by atoms with Gasteiger partial charge in [0.05, 0.1) is 5.02 Å². The molecule has 1 heterocycles. The third-order valence-electron chi connectivity index (χ3n) is 3.96. The highest BCUT2D eigenvalue weighted by atomic mass is 35.5. The van der Waals surface area contributed by atoms with Crippen LogP contribution in [0.4, 0.5) is 0 Å². The van der Waals surface area contributed by atoms with Crippen LogP contribution in [0.3, 0.4) is 0 Å². The molecule has 0 aliphatic heterocycles. The van der Waals surface area contributed by atoms with Gasteiger partial charge in [0.1, 0.15) is 10.8 Å². The number of rotatable bonds is 2. The molecule has 1 aliphatic rings. The van der Waals surface area contributed by atoms with E-state index in [1.807, 2.05) is 0 Å².